The summed E-state index contributed by atoms with van der Waals surface area (Å²) in [5.74, 6) is 0.216. The molecule has 0 spiro atoms. The lowest BCUT2D eigenvalue weighted by Gasteiger charge is -2.10. The molecule has 0 saturated heterocycles. The van der Waals surface area contributed by atoms with Gasteiger partial charge in [0.1, 0.15) is 5.00 Å². The molecule has 6 nitrogen and oxygen atoms in total. The third-order valence-corrected chi connectivity index (χ3v) is 4.75. The molecule has 0 radical (unpaired) electrons. The van der Waals surface area contributed by atoms with E-state index in [0.29, 0.717) is 16.5 Å². The van der Waals surface area contributed by atoms with Crippen molar-refractivity contribution in [2.75, 3.05) is 17.7 Å². The molecule has 0 amide bonds. The Labute approximate surface area is 136 Å². The Kier molecular flexibility index (Phi) is 4.30. The molecule has 3 rings (SSSR count). The van der Waals surface area contributed by atoms with Crippen LogP contribution in [0.1, 0.15) is 27.2 Å². The third-order valence-electron chi connectivity index (χ3n) is 3.34. The van der Waals surface area contributed by atoms with Crippen molar-refractivity contribution in [1.29, 1.82) is 0 Å². The minimum atomic E-state index is -0.329. The van der Waals surface area contributed by atoms with Gasteiger partial charge in [0.05, 0.1) is 18.9 Å². The van der Waals surface area contributed by atoms with E-state index in [1.807, 2.05) is 0 Å². The Hall–Kier alpha value is -2.06. The van der Waals surface area contributed by atoms with E-state index in [4.69, 9.17) is 17.0 Å². The lowest BCUT2D eigenvalue weighted by Crippen LogP contribution is -2.20. The van der Waals surface area contributed by atoms with Gasteiger partial charge < -0.3 is 15.4 Å². The van der Waals surface area contributed by atoms with E-state index in [9.17, 15) is 4.79 Å². The number of thiophene rings is 1. The summed E-state index contributed by atoms with van der Waals surface area (Å²) in [5.41, 5.74) is 1.69. The number of carbonyl (C=O) groups is 1. The molecule has 1 aliphatic rings. The zero-order chi connectivity index (χ0) is 15.5. The highest BCUT2D eigenvalue weighted by atomic mass is 32.1. The number of esters is 1. The number of anilines is 2. The molecule has 1 aliphatic carbocycles. The van der Waals surface area contributed by atoms with Crippen molar-refractivity contribution in [3.8, 4) is 0 Å². The van der Waals surface area contributed by atoms with Gasteiger partial charge in [-0.15, -0.1) is 11.3 Å². The summed E-state index contributed by atoms with van der Waals surface area (Å²) in [5, 5.41) is 7.10. The molecule has 114 valence electrons. The van der Waals surface area contributed by atoms with Crippen molar-refractivity contribution in [1.82, 2.24) is 9.97 Å². The van der Waals surface area contributed by atoms with E-state index < -0.39 is 0 Å². The van der Waals surface area contributed by atoms with Gasteiger partial charge in [-0.1, -0.05) is 0 Å². The topological polar surface area (TPSA) is 76.1 Å². The fourth-order valence-corrected chi connectivity index (χ4v) is 3.98. The Bertz CT molecular complexity index is 715. The molecule has 0 aliphatic heterocycles. The summed E-state index contributed by atoms with van der Waals surface area (Å²) >= 11 is 6.83. The molecule has 0 unspecified atom stereocenters. The number of aryl methyl sites for hydroxylation is 1. The van der Waals surface area contributed by atoms with Crippen LogP contribution in [0.4, 0.5) is 10.8 Å². The molecule has 0 fully saturated rings. The second kappa shape index (κ2) is 6.37. The number of methoxy groups -OCH3 is 1. The maximum Gasteiger partial charge on any atom is 0.341 e. The van der Waals surface area contributed by atoms with E-state index in [0.717, 1.165) is 29.8 Å². The Morgan fingerprint density at radius 1 is 1.36 bits per heavy atom. The van der Waals surface area contributed by atoms with Crippen LogP contribution in [-0.4, -0.2) is 28.2 Å². The average Bonchev–Trinajstić information content (AvgIpc) is 3.08. The number of nitrogens with one attached hydrogen (secondary N) is 2. The highest BCUT2D eigenvalue weighted by Gasteiger charge is 2.27. The summed E-state index contributed by atoms with van der Waals surface area (Å²) in [4.78, 5) is 21.3. The van der Waals surface area contributed by atoms with Crippen molar-refractivity contribution in [2.24, 2.45) is 0 Å². The van der Waals surface area contributed by atoms with Crippen LogP contribution in [0.2, 0.25) is 0 Å². The summed E-state index contributed by atoms with van der Waals surface area (Å²) in [6.07, 6.45) is 7.71. The fourth-order valence-electron chi connectivity index (χ4n) is 2.42. The van der Waals surface area contributed by atoms with Gasteiger partial charge in [-0.2, -0.15) is 0 Å². The molecule has 2 aromatic heterocycles. The number of hydrogen-bond donors (Lipinski definition) is 2. The molecule has 22 heavy (non-hydrogen) atoms. The van der Waals surface area contributed by atoms with Crippen LogP contribution < -0.4 is 10.6 Å². The van der Waals surface area contributed by atoms with E-state index in [-0.39, 0.29) is 5.97 Å². The van der Waals surface area contributed by atoms with Gasteiger partial charge in [0.2, 0.25) is 0 Å². The number of ether oxygens (including phenoxy) is 1. The number of aromatic nitrogens is 2. The quantitative estimate of drug-likeness (QED) is 0.660. The van der Waals surface area contributed by atoms with Gasteiger partial charge >= 0.3 is 5.97 Å². The number of rotatable bonds is 3. The highest BCUT2D eigenvalue weighted by molar-refractivity contribution is 7.80. The summed E-state index contributed by atoms with van der Waals surface area (Å²) in [6, 6.07) is 0. The first-order valence-electron chi connectivity index (χ1n) is 6.76. The van der Waals surface area contributed by atoms with Gasteiger partial charge in [-0.25, -0.2) is 9.78 Å². The van der Waals surface area contributed by atoms with E-state index >= 15 is 0 Å². The molecule has 2 heterocycles. The molecule has 2 aromatic rings. The summed E-state index contributed by atoms with van der Waals surface area (Å²) < 4.78 is 4.90. The van der Waals surface area contributed by atoms with Crippen LogP contribution in [0.25, 0.3) is 0 Å². The predicted octanol–water partition coefficient (Wildman–Crippen LogP) is 2.62. The van der Waals surface area contributed by atoms with Crippen molar-refractivity contribution in [3.63, 3.8) is 0 Å². The van der Waals surface area contributed by atoms with Gasteiger partial charge in [-0.05, 0) is 37.0 Å². The standard InChI is InChI=1S/C14H14N4O2S2/c1-20-13(19)11-8-3-2-4-9(8)22-12(11)18-14(21)17-10-7-15-5-6-16-10/h5-7H,2-4H2,1H3,(H2,16,17,18,21). The molecule has 0 aromatic carbocycles. The number of hydrogen-bond acceptors (Lipinski definition) is 6. The molecule has 0 bridgehead atoms. The van der Waals surface area contributed by atoms with Crippen LogP contribution in [0, 0.1) is 0 Å². The van der Waals surface area contributed by atoms with E-state index in [1.54, 1.807) is 29.9 Å². The number of nitrogens with zero attached hydrogens (tertiary/aromatic N) is 2. The van der Waals surface area contributed by atoms with E-state index in [2.05, 4.69) is 20.6 Å². The van der Waals surface area contributed by atoms with Crippen molar-refractivity contribution in [2.45, 2.75) is 19.3 Å². The summed E-state index contributed by atoms with van der Waals surface area (Å²) in [6.45, 7) is 0. The Balaban J connectivity index is 1.80. The predicted molar refractivity (Wildman–Crippen MR) is 89.6 cm³/mol. The van der Waals surface area contributed by atoms with Crippen LogP contribution in [0.3, 0.4) is 0 Å². The second-order valence-electron chi connectivity index (χ2n) is 4.72. The first kappa shape index (κ1) is 14.9. The van der Waals surface area contributed by atoms with Crippen molar-refractivity contribution in [3.05, 3.63) is 34.6 Å². The normalized spacial score (nSPS) is 12.6. The highest BCUT2D eigenvalue weighted by Crippen LogP contribution is 2.39. The lowest BCUT2D eigenvalue weighted by atomic mass is 10.1. The first-order valence-corrected chi connectivity index (χ1v) is 7.98. The zero-order valence-electron chi connectivity index (χ0n) is 11.9. The van der Waals surface area contributed by atoms with Crippen LogP contribution in [-0.2, 0) is 17.6 Å². The molecule has 8 heteroatoms. The smallest absolute Gasteiger partial charge is 0.341 e. The SMILES string of the molecule is COC(=O)c1c(NC(=S)Nc2cnccn2)sc2c1CCC2. The van der Waals surface area contributed by atoms with Gasteiger partial charge in [0.15, 0.2) is 10.9 Å². The van der Waals surface area contributed by atoms with Crippen molar-refractivity contribution < 1.29 is 9.53 Å². The third kappa shape index (κ3) is 2.93. The largest absolute Gasteiger partial charge is 0.465 e. The first-order chi connectivity index (χ1) is 10.7. The van der Waals surface area contributed by atoms with Crippen LogP contribution in [0.5, 0.6) is 0 Å². The minimum Gasteiger partial charge on any atom is -0.465 e. The number of fused-ring (bicyclic) bond motifs is 1. The molecular formula is C14H14N4O2S2. The maximum atomic E-state index is 12.1. The van der Waals surface area contributed by atoms with Crippen LogP contribution in [0.15, 0.2) is 18.6 Å². The average molecular weight is 334 g/mol. The van der Waals surface area contributed by atoms with Crippen molar-refractivity contribution >= 4 is 45.5 Å². The zero-order valence-corrected chi connectivity index (χ0v) is 13.5. The lowest BCUT2D eigenvalue weighted by molar-refractivity contribution is 0.0601. The Morgan fingerprint density at radius 3 is 2.95 bits per heavy atom. The number of carbonyl (C=O) groups excluding carboxylic acids is 1. The van der Waals surface area contributed by atoms with Gasteiger partial charge in [-0.3, -0.25) is 4.98 Å². The molecule has 0 saturated carbocycles. The fraction of sp³-hybridized carbons (Fsp3) is 0.286. The Morgan fingerprint density at radius 2 is 2.23 bits per heavy atom. The number of thiocarbonyl (C=S) groups is 1. The van der Waals surface area contributed by atoms with E-state index in [1.165, 1.54) is 12.0 Å². The van der Waals surface area contributed by atoms with Crippen LogP contribution >= 0.6 is 23.6 Å². The monoisotopic (exact) mass is 334 g/mol. The van der Waals surface area contributed by atoms with Gasteiger partial charge in [0.25, 0.3) is 0 Å². The molecule has 2 N–H and O–H groups in total. The molecule has 0 atom stereocenters. The minimum absolute atomic E-state index is 0.329. The summed E-state index contributed by atoms with van der Waals surface area (Å²) in [7, 11) is 1.39. The molecular weight excluding hydrogens is 320 g/mol. The second-order valence-corrected chi connectivity index (χ2v) is 6.24. The maximum absolute atomic E-state index is 12.1. The van der Waals surface area contributed by atoms with Gasteiger partial charge in [0, 0.05) is 17.3 Å².